The maximum Gasteiger partial charge on any atom is 0.255 e. The molecule has 1 saturated heterocycles. The van der Waals surface area contributed by atoms with Crippen LogP contribution in [0.3, 0.4) is 0 Å². The summed E-state index contributed by atoms with van der Waals surface area (Å²) in [4.78, 5) is 12.1. The van der Waals surface area contributed by atoms with Crippen LogP contribution in [0.2, 0.25) is 0 Å². The summed E-state index contributed by atoms with van der Waals surface area (Å²) in [5.41, 5.74) is 1.57. The van der Waals surface area contributed by atoms with Gasteiger partial charge < -0.3 is 10.6 Å². The van der Waals surface area contributed by atoms with Gasteiger partial charge in [0.05, 0.1) is 11.8 Å². The standard InChI is InChI=1S/C12H20N4O/c1-8-11(5-4-6-13-8)15-12(17)10-7-14-16(3)9(10)2/h7-8,11,13H,4-6H2,1-3H3,(H,15,17). The smallest absolute Gasteiger partial charge is 0.255 e. The van der Waals surface area contributed by atoms with Crippen LogP contribution in [0.4, 0.5) is 0 Å². The minimum Gasteiger partial charge on any atom is -0.348 e. The van der Waals surface area contributed by atoms with Crippen molar-refractivity contribution in [1.29, 1.82) is 0 Å². The van der Waals surface area contributed by atoms with Gasteiger partial charge in [0.2, 0.25) is 0 Å². The molecule has 0 bridgehead atoms. The summed E-state index contributed by atoms with van der Waals surface area (Å²) >= 11 is 0. The van der Waals surface area contributed by atoms with E-state index in [1.54, 1.807) is 10.9 Å². The normalized spacial score (nSPS) is 24.6. The lowest BCUT2D eigenvalue weighted by atomic mass is 9.99. The molecule has 0 aliphatic carbocycles. The summed E-state index contributed by atoms with van der Waals surface area (Å²) in [7, 11) is 1.84. The molecule has 5 heteroatoms. The predicted molar refractivity (Wildman–Crippen MR) is 65.9 cm³/mol. The van der Waals surface area contributed by atoms with Gasteiger partial charge in [0, 0.05) is 24.8 Å². The van der Waals surface area contributed by atoms with Gasteiger partial charge in [0.1, 0.15) is 0 Å². The van der Waals surface area contributed by atoms with Crippen LogP contribution in [-0.4, -0.2) is 34.3 Å². The zero-order valence-corrected chi connectivity index (χ0v) is 10.7. The van der Waals surface area contributed by atoms with E-state index in [0.29, 0.717) is 11.6 Å². The molecule has 17 heavy (non-hydrogen) atoms. The van der Waals surface area contributed by atoms with Crippen LogP contribution in [-0.2, 0) is 7.05 Å². The van der Waals surface area contributed by atoms with Crippen molar-refractivity contribution in [3.63, 3.8) is 0 Å². The van der Waals surface area contributed by atoms with Gasteiger partial charge in [-0.3, -0.25) is 9.48 Å². The van der Waals surface area contributed by atoms with Crippen molar-refractivity contribution in [3.8, 4) is 0 Å². The van der Waals surface area contributed by atoms with Gasteiger partial charge in [-0.05, 0) is 33.2 Å². The van der Waals surface area contributed by atoms with Crippen molar-refractivity contribution in [2.24, 2.45) is 7.05 Å². The molecule has 0 saturated carbocycles. The predicted octanol–water partition coefficient (Wildman–Crippen LogP) is 0.599. The second kappa shape index (κ2) is 4.87. The van der Waals surface area contributed by atoms with Gasteiger partial charge in [-0.2, -0.15) is 5.10 Å². The fourth-order valence-electron chi connectivity index (χ4n) is 2.21. The molecule has 94 valence electrons. The Morgan fingerprint density at radius 1 is 1.65 bits per heavy atom. The summed E-state index contributed by atoms with van der Waals surface area (Å²) in [6, 6.07) is 0.556. The number of nitrogens with zero attached hydrogens (tertiary/aromatic N) is 2. The second-order valence-electron chi connectivity index (χ2n) is 4.73. The van der Waals surface area contributed by atoms with E-state index >= 15 is 0 Å². The van der Waals surface area contributed by atoms with Crippen LogP contribution in [0.25, 0.3) is 0 Å². The first-order valence-electron chi connectivity index (χ1n) is 6.12. The van der Waals surface area contributed by atoms with E-state index in [1.807, 2.05) is 14.0 Å². The van der Waals surface area contributed by atoms with Crippen LogP contribution < -0.4 is 10.6 Å². The number of hydrogen-bond acceptors (Lipinski definition) is 3. The lowest BCUT2D eigenvalue weighted by molar-refractivity contribution is 0.0919. The van der Waals surface area contributed by atoms with Crippen LogP contribution in [0, 0.1) is 6.92 Å². The zero-order chi connectivity index (χ0) is 12.4. The Kier molecular flexibility index (Phi) is 3.47. The van der Waals surface area contributed by atoms with Gasteiger partial charge in [0.15, 0.2) is 0 Å². The molecule has 2 heterocycles. The Labute approximate surface area is 102 Å². The largest absolute Gasteiger partial charge is 0.348 e. The third-order valence-electron chi connectivity index (χ3n) is 3.56. The second-order valence-corrected chi connectivity index (χ2v) is 4.73. The highest BCUT2D eigenvalue weighted by Crippen LogP contribution is 2.11. The molecule has 2 rings (SSSR count). The molecule has 0 aromatic carbocycles. The van der Waals surface area contributed by atoms with Crippen molar-refractivity contribution < 1.29 is 4.79 Å². The molecular formula is C12H20N4O. The van der Waals surface area contributed by atoms with E-state index in [9.17, 15) is 4.79 Å². The minimum absolute atomic E-state index is 0.0175. The summed E-state index contributed by atoms with van der Waals surface area (Å²) in [6.07, 6.45) is 3.78. The van der Waals surface area contributed by atoms with Gasteiger partial charge in [0.25, 0.3) is 5.91 Å². The van der Waals surface area contributed by atoms with E-state index in [0.717, 1.165) is 25.1 Å². The maximum absolute atomic E-state index is 12.1. The van der Waals surface area contributed by atoms with Crippen molar-refractivity contribution >= 4 is 5.91 Å². The highest BCUT2D eigenvalue weighted by Gasteiger charge is 2.24. The van der Waals surface area contributed by atoms with Gasteiger partial charge in [-0.15, -0.1) is 0 Å². The molecule has 1 aromatic heterocycles. The Bertz CT molecular complexity index is 413. The molecule has 2 unspecified atom stereocenters. The van der Waals surface area contributed by atoms with Gasteiger partial charge >= 0.3 is 0 Å². The fraction of sp³-hybridized carbons (Fsp3) is 0.667. The Morgan fingerprint density at radius 2 is 2.41 bits per heavy atom. The highest BCUT2D eigenvalue weighted by atomic mass is 16.1. The van der Waals surface area contributed by atoms with Gasteiger partial charge in [-0.1, -0.05) is 0 Å². The van der Waals surface area contributed by atoms with Crippen molar-refractivity contribution in [3.05, 3.63) is 17.5 Å². The lowest BCUT2D eigenvalue weighted by Crippen LogP contribution is -2.51. The lowest BCUT2D eigenvalue weighted by Gasteiger charge is -2.30. The maximum atomic E-state index is 12.1. The molecule has 0 spiro atoms. The van der Waals surface area contributed by atoms with Crippen LogP contribution in [0.15, 0.2) is 6.20 Å². The Hall–Kier alpha value is -1.36. The number of amides is 1. The van der Waals surface area contributed by atoms with Gasteiger partial charge in [-0.25, -0.2) is 0 Å². The number of aromatic nitrogens is 2. The molecule has 1 aromatic rings. The first kappa shape index (κ1) is 12.1. The van der Waals surface area contributed by atoms with Crippen molar-refractivity contribution in [1.82, 2.24) is 20.4 Å². The summed E-state index contributed by atoms with van der Waals surface area (Å²) < 4.78 is 1.72. The molecule has 2 N–H and O–H groups in total. The van der Waals surface area contributed by atoms with Crippen LogP contribution in [0.1, 0.15) is 35.8 Å². The van der Waals surface area contributed by atoms with E-state index in [1.165, 1.54) is 0 Å². The number of carbonyl (C=O) groups excluding carboxylic acids is 1. The molecule has 2 atom stereocenters. The molecular weight excluding hydrogens is 216 g/mol. The number of rotatable bonds is 2. The average Bonchev–Trinajstić information content (AvgIpc) is 2.63. The third-order valence-corrected chi connectivity index (χ3v) is 3.56. The number of nitrogens with one attached hydrogen (secondary N) is 2. The monoisotopic (exact) mass is 236 g/mol. The number of aryl methyl sites for hydroxylation is 1. The van der Waals surface area contributed by atoms with E-state index in [-0.39, 0.29) is 11.9 Å². The molecule has 0 radical (unpaired) electrons. The molecule has 1 amide bonds. The van der Waals surface area contributed by atoms with E-state index in [4.69, 9.17) is 0 Å². The van der Waals surface area contributed by atoms with E-state index < -0.39 is 0 Å². The molecule has 5 nitrogen and oxygen atoms in total. The topological polar surface area (TPSA) is 59.0 Å². The summed E-state index contributed by atoms with van der Waals surface area (Å²) in [5.74, 6) is -0.0175. The summed E-state index contributed by atoms with van der Waals surface area (Å²) in [5, 5.41) is 10.5. The molecule has 1 aliphatic heterocycles. The number of hydrogen-bond donors (Lipinski definition) is 2. The number of piperidine rings is 1. The first-order chi connectivity index (χ1) is 8.09. The SMILES string of the molecule is Cc1c(C(=O)NC2CCCNC2C)cnn1C. The highest BCUT2D eigenvalue weighted by molar-refractivity contribution is 5.95. The first-order valence-corrected chi connectivity index (χ1v) is 6.12. The summed E-state index contributed by atoms with van der Waals surface area (Å²) in [6.45, 7) is 5.06. The zero-order valence-electron chi connectivity index (χ0n) is 10.7. The average molecular weight is 236 g/mol. The van der Waals surface area contributed by atoms with E-state index in [2.05, 4.69) is 22.7 Å². The number of carbonyl (C=O) groups is 1. The minimum atomic E-state index is -0.0175. The van der Waals surface area contributed by atoms with Crippen molar-refractivity contribution in [2.45, 2.75) is 38.8 Å². The van der Waals surface area contributed by atoms with Crippen LogP contribution >= 0.6 is 0 Å². The molecule has 1 aliphatic rings. The quantitative estimate of drug-likeness (QED) is 0.790. The van der Waals surface area contributed by atoms with Crippen molar-refractivity contribution in [2.75, 3.05) is 6.54 Å². The third kappa shape index (κ3) is 2.49. The Morgan fingerprint density at radius 3 is 3.00 bits per heavy atom. The molecule has 1 fully saturated rings. The Balaban J connectivity index is 2.03. The van der Waals surface area contributed by atoms with Crippen LogP contribution in [0.5, 0.6) is 0 Å². The fourth-order valence-corrected chi connectivity index (χ4v) is 2.21.